The molecule has 1 aromatic rings. The summed E-state index contributed by atoms with van der Waals surface area (Å²) < 4.78 is 26.7. The predicted molar refractivity (Wildman–Crippen MR) is 87.8 cm³/mol. The summed E-state index contributed by atoms with van der Waals surface area (Å²) in [6.45, 7) is 0.642. The van der Waals surface area contributed by atoms with Gasteiger partial charge in [-0.1, -0.05) is 18.2 Å². The van der Waals surface area contributed by atoms with Crippen molar-refractivity contribution in [2.24, 2.45) is 5.92 Å². The number of carboxylic acid groups (broad SMARTS) is 1. The van der Waals surface area contributed by atoms with Gasteiger partial charge in [-0.3, -0.25) is 9.59 Å². The first kappa shape index (κ1) is 18.4. The summed E-state index contributed by atoms with van der Waals surface area (Å²) in [4.78, 5) is 24.6. The molecule has 2 rings (SSSR count). The Morgan fingerprint density at radius 3 is 2.58 bits per heavy atom. The number of hydrogen-bond acceptors (Lipinski definition) is 4. The van der Waals surface area contributed by atoms with E-state index in [1.807, 2.05) is 0 Å². The molecule has 8 heteroatoms. The SMILES string of the molecule is CN(CCC(=O)O)C(=O)C1CCCN(S(=O)(=O)c2ccccc2)C1. The zero-order valence-corrected chi connectivity index (χ0v) is 14.4. The van der Waals surface area contributed by atoms with Gasteiger partial charge in [0.2, 0.25) is 15.9 Å². The van der Waals surface area contributed by atoms with Crippen LogP contribution in [0.2, 0.25) is 0 Å². The van der Waals surface area contributed by atoms with Crippen molar-refractivity contribution in [2.45, 2.75) is 24.2 Å². The van der Waals surface area contributed by atoms with Crippen LogP contribution in [0.4, 0.5) is 0 Å². The number of piperidine rings is 1. The number of benzene rings is 1. The number of sulfonamides is 1. The van der Waals surface area contributed by atoms with Crippen LogP contribution in [-0.2, 0) is 19.6 Å². The maximum atomic E-state index is 12.7. The second-order valence-corrected chi connectivity index (χ2v) is 7.86. The van der Waals surface area contributed by atoms with E-state index in [2.05, 4.69) is 0 Å². The fourth-order valence-corrected chi connectivity index (χ4v) is 4.33. The topological polar surface area (TPSA) is 95.0 Å². The highest BCUT2D eigenvalue weighted by Gasteiger charge is 2.34. The summed E-state index contributed by atoms with van der Waals surface area (Å²) in [6, 6.07) is 8.16. The van der Waals surface area contributed by atoms with Crippen molar-refractivity contribution in [3.05, 3.63) is 30.3 Å². The van der Waals surface area contributed by atoms with E-state index in [1.165, 1.54) is 9.21 Å². The van der Waals surface area contributed by atoms with E-state index in [0.29, 0.717) is 19.4 Å². The lowest BCUT2D eigenvalue weighted by Gasteiger charge is -2.33. The molecule has 1 aromatic carbocycles. The maximum absolute atomic E-state index is 12.7. The van der Waals surface area contributed by atoms with Crippen LogP contribution in [0.3, 0.4) is 0 Å². The number of hydrogen-bond donors (Lipinski definition) is 1. The third kappa shape index (κ3) is 4.33. The summed E-state index contributed by atoms with van der Waals surface area (Å²) in [7, 11) is -2.06. The Bertz CT molecular complexity index is 690. The van der Waals surface area contributed by atoms with Gasteiger partial charge in [-0.05, 0) is 25.0 Å². The average Bonchev–Trinajstić information content (AvgIpc) is 2.59. The number of carbonyl (C=O) groups excluding carboxylic acids is 1. The highest BCUT2D eigenvalue weighted by molar-refractivity contribution is 7.89. The minimum absolute atomic E-state index is 0.121. The molecule has 0 aliphatic carbocycles. The average molecular weight is 354 g/mol. The molecule has 1 N–H and O–H groups in total. The molecule has 1 amide bonds. The molecule has 1 atom stereocenters. The van der Waals surface area contributed by atoms with Gasteiger partial charge in [-0.2, -0.15) is 4.31 Å². The maximum Gasteiger partial charge on any atom is 0.305 e. The summed E-state index contributed by atoms with van der Waals surface area (Å²) in [5, 5.41) is 8.70. The summed E-state index contributed by atoms with van der Waals surface area (Å²) >= 11 is 0. The molecule has 1 heterocycles. The predicted octanol–water partition coefficient (Wildman–Crippen LogP) is 1.02. The lowest BCUT2D eigenvalue weighted by atomic mass is 9.98. The molecule has 132 valence electrons. The van der Waals surface area contributed by atoms with Gasteiger partial charge in [-0.25, -0.2) is 8.42 Å². The Morgan fingerprint density at radius 2 is 1.96 bits per heavy atom. The molecule has 7 nitrogen and oxygen atoms in total. The molecule has 0 aromatic heterocycles. The van der Waals surface area contributed by atoms with Gasteiger partial charge in [0, 0.05) is 26.7 Å². The van der Waals surface area contributed by atoms with Crippen molar-refractivity contribution < 1.29 is 23.1 Å². The van der Waals surface area contributed by atoms with Crippen LogP contribution < -0.4 is 0 Å². The fourth-order valence-electron chi connectivity index (χ4n) is 2.79. The number of carbonyl (C=O) groups is 2. The van der Waals surface area contributed by atoms with Gasteiger partial charge >= 0.3 is 5.97 Å². The van der Waals surface area contributed by atoms with Crippen molar-refractivity contribution >= 4 is 21.9 Å². The van der Waals surface area contributed by atoms with Crippen molar-refractivity contribution in [1.29, 1.82) is 0 Å². The van der Waals surface area contributed by atoms with E-state index < -0.39 is 21.9 Å². The van der Waals surface area contributed by atoms with Gasteiger partial charge in [0.1, 0.15) is 0 Å². The van der Waals surface area contributed by atoms with Crippen LogP contribution in [0.15, 0.2) is 35.2 Å². The molecule has 1 saturated heterocycles. The van der Waals surface area contributed by atoms with Crippen molar-refractivity contribution in [3.63, 3.8) is 0 Å². The lowest BCUT2D eigenvalue weighted by molar-refractivity contribution is -0.139. The van der Waals surface area contributed by atoms with Crippen LogP contribution in [0.5, 0.6) is 0 Å². The zero-order chi connectivity index (χ0) is 17.7. The summed E-state index contributed by atoms with van der Waals surface area (Å²) in [5.41, 5.74) is 0. The van der Waals surface area contributed by atoms with E-state index >= 15 is 0 Å². The molecule has 0 spiro atoms. The second-order valence-electron chi connectivity index (χ2n) is 5.92. The number of amides is 1. The van der Waals surface area contributed by atoms with E-state index in [9.17, 15) is 18.0 Å². The minimum Gasteiger partial charge on any atom is -0.481 e. The molecule has 1 fully saturated rings. The van der Waals surface area contributed by atoms with E-state index in [0.717, 1.165) is 0 Å². The number of nitrogens with zero attached hydrogens (tertiary/aromatic N) is 2. The van der Waals surface area contributed by atoms with Gasteiger partial charge < -0.3 is 10.0 Å². The normalized spacial score (nSPS) is 19.0. The molecule has 24 heavy (non-hydrogen) atoms. The Morgan fingerprint density at radius 1 is 1.29 bits per heavy atom. The van der Waals surface area contributed by atoms with Crippen molar-refractivity contribution in [1.82, 2.24) is 9.21 Å². The van der Waals surface area contributed by atoms with Gasteiger partial charge in [0.15, 0.2) is 0 Å². The van der Waals surface area contributed by atoms with Crippen molar-refractivity contribution in [3.8, 4) is 0 Å². The molecule has 1 unspecified atom stereocenters. The molecule has 0 radical (unpaired) electrons. The van der Waals surface area contributed by atoms with E-state index in [4.69, 9.17) is 5.11 Å². The Balaban J connectivity index is 2.06. The largest absolute Gasteiger partial charge is 0.481 e. The van der Waals surface area contributed by atoms with Crippen LogP contribution in [0.1, 0.15) is 19.3 Å². The zero-order valence-electron chi connectivity index (χ0n) is 13.6. The molecular formula is C16H22N2O5S. The fraction of sp³-hybridized carbons (Fsp3) is 0.500. The molecule has 0 bridgehead atoms. The van der Waals surface area contributed by atoms with Crippen LogP contribution in [0, 0.1) is 5.92 Å². The highest BCUT2D eigenvalue weighted by atomic mass is 32.2. The third-order valence-electron chi connectivity index (χ3n) is 4.15. The first-order valence-corrected chi connectivity index (χ1v) is 9.28. The molecule has 1 aliphatic heterocycles. The summed E-state index contributed by atoms with van der Waals surface area (Å²) in [5.74, 6) is -1.60. The van der Waals surface area contributed by atoms with Crippen LogP contribution in [0.25, 0.3) is 0 Å². The standard InChI is InChI=1S/C16H22N2O5S/c1-17(11-9-15(19)20)16(21)13-6-5-10-18(12-13)24(22,23)14-7-3-2-4-8-14/h2-4,7-8,13H,5-6,9-12H2,1H3,(H,19,20). The number of rotatable bonds is 6. The van der Waals surface area contributed by atoms with Crippen LogP contribution >= 0.6 is 0 Å². The number of carboxylic acids is 1. The quantitative estimate of drug-likeness (QED) is 0.823. The molecular weight excluding hydrogens is 332 g/mol. The third-order valence-corrected chi connectivity index (χ3v) is 6.03. The minimum atomic E-state index is -3.61. The molecule has 0 saturated carbocycles. The van der Waals surface area contributed by atoms with E-state index in [-0.39, 0.29) is 30.3 Å². The van der Waals surface area contributed by atoms with E-state index in [1.54, 1.807) is 37.4 Å². The van der Waals surface area contributed by atoms with Gasteiger partial charge in [-0.15, -0.1) is 0 Å². The van der Waals surface area contributed by atoms with Crippen LogP contribution in [-0.4, -0.2) is 61.3 Å². The first-order chi connectivity index (χ1) is 11.3. The smallest absolute Gasteiger partial charge is 0.305 e. The first-order valence-electron chi connectivity index (χ1n) is 7.84. The van der Waals surface area contributed by atoms with Gasteiger partial charge in [0.25, 0.3) is 0 Å². The lowest BCUT2D eigenvalue weighted by Crippen LogP contribution is -2.46. The Labute approximate surface area is 141 Å². The Kier molecular flexibility index (Phi) is 5.95. The number of aliphatic carboxylic acids is 1. The summed E-state index contributed by atoms with van der Waals surface area (Å²) in [6.07, 6.45) is 1.09. The Hall–Kier alpha value is -1.93. The van der Waals surface area contributed by atoms with Crippen molar-refractivity contribution in [2.75, 3.05) is 26.7 Å². The highest BCUT2D eigenvalue weighted by Crippen LogP contribution is 2.24. The monoisotopic (exact) mass is 354 g/mol. The second kappa shape index (κ2) is 7.76. The molecule has 1 aliphatic rings. The van der Waals surface area contributed by atoms with Gasteiger partial charge in [0.05, 0.1) is 17.2 Å².